The number of hydrogen-bond acceptors (Lipinski definition) is 0. The zero-order chi connectivity index (χ0) is 17.4. The molecule has 0 aliphatic heterocycles. The van der Waals surface area contributed by atoms with Crippen LogP contribution in [0.1, 0.15) is 100 Å². The first-order valence-corrected chi connectivity index (χ1v) is 10.5. The highest BCUT2D eigenvalue weighted by Gasteiger charge is 2.47. The first kappa shape index (κ1) is 19.3. The summed E-state index contributed by atoms with van der Waals surface area (Å²) in [6, 6.07) is 0. The summed E-state index contributed by atoms with van der Waals surface area (Å²) in [5.74, 6) is 5.61. The Balaban J connectivity index is 2.21. The van der Waals surface area contributed by atoms with E-state index in [1.165, 1.54) is 44.9 Å². The molecule has 0 bridgehead atoms. The molecule has 6 unspecified atom stereocenters. The fraction of sp³-hybridized carbons (Fsp3) is 1.00. The molecule has 2 saturated carbocycles. The summed E-state index contributed by atoms with van der Waals surface area (Å²) in [5.41, 5.74) is 0.904. The molecular formula is C23H44. The van der Waals surface area contributed by atoms with Crippen molar-refractivity contribution in [2.45, 2.75) is 100 Å². The standard InChI is InChI=1S/C23H44/c1-16-9-10-19(4)20(12-16)15-23(8,22(5,6)7)21-13-17(2)11-18(3)14-21/h16-21H,9-15H2,1-8H3. The van der Waals surface area contributed by atoms with Crippen LogP contribution in [0.15, 0.2) is 0 Å². The molecular weight excluding hydrogens is 276 g/mol. The van der Waals surface area contributed by atoms with Crippen molar-refractivity contribution in [1.29, 1.82) is 0 Å². The summed E-state index contributed by atoms with van der Waals surface area (Å²) in [7, 11) is 0. The molecule has 0 spiro atoms. The molecule has 0 saturated heterocycles. The molecule has 0 nitrogen and oxygen atoms in total. The Morgan fingerprint density at radius 1 is 0.696 bits per heavy atom. The van der Waals surface area contributed by atoms with Crippen LogP contribution < -0.4 is 0 Å². The van der Waals surface area contributed by atoms with Gasteiger partial charge >= 0.3 is 0 Å². The largest absolute Gasteiger partial charge is 0.0625 e. The molecule has 0 aromatic heterocycles. The van der Waals surface area contributed by atoms with Gasteiger partial charge in [0.05, 0.1) is 0 Å². The van der Waals surface area contributed by atoms with E-state index in [0.29, 0.717) is 10.8 Å². The van der Waals surface area contributed by atoms with Crippen molar-refractivity contribution in [2.75, 3.05) is 0 Å². The van der Waals surface area contributed by atoms with Crippen LogP contribution in [0.4, 0.5) is 0 Å². The Morgan fingerprint density at radius 2 is 1.26 bits per heavy atom. The SMILES string of the molecule is CC1CCC(C)C(CC(C)(C2CC(C)CC(C)C2)C(C)(C)C)C1. The molecule has 0 amide bonds. The lowest BCUT2D eigenvalue weighted by Gasteiger charge is -2.54. The third-order valence-corrected chi connectivity index (χ3v) is 8.10. The maximum atomic E-state index is 2.66. The second kappa shape index (κ2) is 7.09. The second-order valence-corrected chi connectivity index (χ2v) is 11.1. The van der Waals surface area contributed by atoms with Gasteiger partial charge in [-0.25, -0.2) is 0 Å². The van der Waals surface area contributed by atoms with E-state index in [4.69, 9.17) is 0 Å². The van der Waals surface area contributed by atoms with Gasteiger partial charge in [0, 0.05) is 0 Å². The van der Waals surface area contributed by atoms with Crippen molar-refractivity contribution in [3.8, 4) is 0 Å². The highest BCUT2D eigenvalue weighted by atomic mass is 14.5. The summed E-state index contributed by atoms with van der Waals surface area (Å²) < 4.78 is 0. The first-order chi connectivity index (χ1) is 10.5. The van der Waals surface area contributed by atoms with Crippen LogP contribution in [-0.4, -0.2) is 0 Å². The van der Waals surface area contributed by atoms with Crippen LogP contribution in [0.3, 0.4) is 0 Å². The fourth-order valence-electron chi connectivity index (χ4n) is 6.03. The molecule has 2 aliphatic rings. The lowest BCUT2D eigenvalue weighted by molar-refractivity contribution is -0.0416. The first-order valence-electron chi connectivity index (χ1n) is 10.5. The van der Waals surface area contributed by atoms with Gasteiger partial charge in [0.2, 0.25) is 0 Å². The molecule has 2 rings (SSSR count). The molecule has 23 heavy (non-hydrogen) atoms. The highest BCUT2D eigenvalue weighted by molar-refractivity contribution is 4.97. The predicted molar refractivity (Wildman–Crippen MR) is 104 cm³/mol. The average molecular weight is 321 g/mol. The summed E-state index contributed by atoms with van der Waals surface area (Å²) in [5, 5.41) is 0. The molecule has 136 valence electrons. The van der Waals surface area contributed by atoms with Crippen LogP contribution in [0.5, 0.6) is 0 Å². The van der Waals surface area contributed by atoms with Crippen LogP contribution in [-0.2, 0) is 0 Å². The lowest BCUT2D eigenvalue weighted by atomic mass is 9.51. The molecule has 0 radical (unpaired) electrons. The second-order valence-electron chi connectivity index (χ2n) is 11.1. The Bertz CT molecular complexity index is 366. The zero-order valence-corrected chi connectivity index (χ0v) is 17.4. The van der Waals surface area contributed by atoms with Crippen molar-refractivity contribution in [2.24, 2.45) is 46.3 Å². The summed E-state index contributed by atoms with van der Waals surface area (Å²) in [6.07, 6.45) is 10.2. The van der Waals surface area contributed by atoms with Gasteiger partial charge in [-0.05, 0) is 78.4 Å². The van der Waals surface area contributed by atoms with Crippen molar-refractivity contribution < 1.29 is 0 Å². The maximum Gasteiger partial charge on any atom is -0.0246 e. The third-order valence-electron chi connectivity index (χ3n) is 8.10. The molecule has 0 aromatic rings. The minimum absolute atomic E-state index is 0.412. The van der Waals surface area contributed by atoms with E-state index in [2.05, 4.69) is 55.4 Å². The van der Waals surface area contributed by atoms with Gasteiger partial charge in [-0.3, -0.25) is 0 Å². The summed E-state index contributed by atoms with van der Waals surface area (Å²) >= 11 is 0. The van der Waals surface area contributed by atoms with E-state index >= 15 is 0 Å². The summed E-state index contributed by atoms with van der Waals surface area (Å²) in [4.78, 5) is 0. The van der Waals surface area contributed by atoms with Crippen molar-refractivity contribution in [3.05, 3.63) is 0 Å². The molecule has 2 aliphatic carbocycles. The lowest BCUT2D eigenvalue weighted by Crippen LogP contribution is -2.45. The molecule has 0 aromatic carbocycles. The Morgan fingerprint density at radius 3 is 1.78 bits per heavy atom. The van der Waals surface area contributed by atoms with E-state index in [1.54, 1.807) is 0 Å². The predicted octanol–water partition coefficient (Wildman–Crippen LogP) is 7.57. The monoisotopic (exact) mass is 320 g/mol. The molecule has 2 fully saturated rings. The van der Waals surface area contributed by atoms with Gasteiger partial charge in [0.1, 0.15) is 0 Å². The topological polar surface area (TPSA) is 0 Å². The van der Waals surface area contributed by atoms with E-state index < -0.39 is 0 Å². The number of rotatable bonds is 3. The van der Waals surface area contributed by atoms with Gasteiger partial charge in [0.15, 0.2) is 0 Å². The van der Waals surface area contributed by atoms with Gasteiger partial charge < -0.3 is 0 Å². The average Bonchev–Trinajstić information content (AvgIpc) is 2.40. The van der Waals surface area contributed by atoms with Gasteiger partial charge in [0.25, 0.3) is 0 Å². The molecule has 0 heterocycles. The normalized spacial score (nSPS) is 42.3. The van der Waals surface area contributed by atoms with Crippen LogP contribution in [0.2, 0.25) is 0 Å². The van der Waals surface area contributed by atoms with E-state index in [-0.39, 0.29) is 0 Å². The van der Waals surface area contributed by atoms with Crippen LogP contribution in [0, 0.1) is 46.3 Å². The van der Waals surface area contributed by atoms with Crippen molar-refractivity contribution >= 4 is 0 Å². The van der Waals surface area contributed by atoms with Crippen molar-refractivity contribution in [3.63, 3.8) is 0 Å². The Kier molecular flexibility index (Phi) is 5.95. The molecule has 0 heteroatoms. The third kappa shape index (κ3) is 4.35. The maximum absolute atomic E-state index is 2.66. The van der Waals surface area contributed by atoms with E-state index in [0.717, 1.165) is 35.5 Å². The van der Waals surface area contributed by atoms with Gasteiger partial charge in [-0.15, -0.1) is 0 Å². The van der Waals surface area contributed by atoms with Crippen LogP contribution in [0.25, 0.3) is 0 Å². The summed E-state index contributed by atoms with van der Waals surface area (Å²) in [6.45, 7) is 20.2. The zero-order valence-electron chi connectivity index (χ0n) is 17.4. The van der Waals surface area contributed by atoms with Crippen molar-refractivity contribution in [1.82, 2.24) is 0 Å². The number of hydrogen-bond donors (Lipinski definition) is 0. The minimum Gasteiger partial charge on any atom is -0.0625 e. The Labute approximate surface area is 147 Å². The van der Waals surface area contributed by atoms with E-state index in [9.17, 15) is 0 Å². The fourth-order valence-corrected chi connectivity index (χ4v) is 6.03. The van der Waals surface area contributed by atoms with Crippen LogP contribution >= 0.6 is 0 Å². The van der Waals surface area contributed by atoms with E-state index in [1.807, 2.05) is 0 Å². The molecule has 6 atom stereocenters. The van der Waals surface area contributed by atoms with Gasteiger partial charge in [-0.1, -0.05) is 68.2 Å². The minimum atomic E-state index is 0.412. The van der Waals surface area contributed by atoms with Gasteiger partial charge in [-0.2, -0.15) is 0 Å². The quantitative estimate of drug-likeness (QED) is 0.503. The Hall–Kier alpha value is 0. The molecule has 0 N–H and O–H groups in total. The highest BCUT2D eigenvalue weighted by Crippen LogP contribution is 2.56. The smallest absolute Gasteiger partial charge is 0.0246 e.